The van der Waals surface area contributed by atoms with Crippen molar-refractivity contribution in [3.05, 3.63) is 41.5 Å². The lowest BCUT2D eigenvalue weighted by molar-refractivity contribution is 0.431. The first kappa shape index (κ1) is 16.0. The Hall–Kier alpha value is -1.08. The molecule has 0 saturated carbocycles. The van der Waals surface area contributed by atoms with E-state index in [0.29, 0.717) is 5.92 Å². The van der Waals surface area contributed by atoms with Crippen molar-refractivity contribution in [2.75, 3.05) is 6.54 Å². The van der Waals surface area contributed by atoms with Gasteiger partial charge >= 0.3 is 0 Å². The molecule has 0 aromatic heterocycles. The van der Waals surface area contributed by atoms with E-state index in [0.717, 1.165) is 13.0 Å². The van der Waals surface area contributed by atoms with E-state index >= 15 is 0 Å². The second kappa shape index (κ2) is 6.91. The lowest BCUT2D eigenvalue weighted by atomic mass is 9.99. The zero-order chi connectivity index (χ0) is 14.5. The quantitative estimate of drug-likeness (QED) is 0.734. The van der Waals surface area contributed by atoms with Crippen molar-refractivity contribution in [3.8, 4) is 0 Å². The van der Waals surface area contributed by atoms with E-state index in [9.17, 15) is 0 Å². The van der Waals surface area contributed by atoms with Gasteiger partial charge in [0.15, 0.2) is 0 Å². The van der Waals surface area contributed by atoms with Crippen molar-refractivity contribution < 1.29 is 0 Å². The van der Waals surface area contributed by atoms with E-state index in [1.807, 2.05) is 0 Å². The third-order valence-electron chi connectivity index (χ3n) is 3.28. The van der Waals surface area contributed by atoms with Gasteiger partial charge in [-0.15, -0.1) is 0 Å². The van der Waals surface area contributed by atoms with Crippen molar-refractivity contribution in [1.82, 2.24) is 5.32 Å². The number of benzene rings is 1. The Kier molecular flexibility index (Phi) is 5.81. The van der Waals surface area contributed by atoms with E-state index < -0.39 is 0 Å². The number of rotatable bonds is 5. The van der Waals surface area contributed by atoms with Crippen LogP contribution in [0.2, 0.25) is 0 Å². The first-order valence-corrected chi connectivity index (χ1v) is 7.32. The van der Waals surface area contributed by atoms with Gasteiger partial charge in [0.05, 0.1) is 0 Å². The van der Waals surface area contributed by atoms with E-state index in [-0.39, 0.29) is 5.54 Å². The molecule has 1 nitrogen and oxygen atoms in total. The van der Waals surface area contributed by atoms with Crippen molar-refractivity contribution >= 4 is 5.57 Å². The highest BCUT2D eigenvalue weighted by Gasteiger charge is 2.06. The molecule has 0 fully saturated rings. The SMILES string of the molecule is CC(=CCCNC(C)(C)C)c1ccc(C(C)C)cc1. The van der Waals surface area contributed by atoms with Crippen LogP contribution in [0.3, 0.4) is 0 Å². The third-order valence-corrected chi connectivity index (χ3v) is 3.28. The Balaban J connectivity index is 2.54. The highest BCUT2D eigenvalue weighted by Crippen LogP contribution is 2.19. The van der Waals surface area contributed by atoms with Crippen LogP contribution in [0.4, 0.5) is 0 Å². The lowest BCUT2D eigenvalue weighted by Gasteiger charge is -2.19. The van der Waals surface area contributed by atoms with Crippen LogP contribution in [0.15, 0.2) is 30.3 Å². The molecule has 0 spiro atoms. The van der Waals surface area contributed by atoms with Gasteiger partial charge < -0.3 is 5.32 Å². The molecule has 0 aliphatic rings. The predicted octanol–water partition coefficient (Wildman–Crippen LogP) is 4.99. The van der Waals surface area contributed by atoms with Gasteiger partial charge in [0.1, 0.15) is 0 Å². The van der Waals surface area contributed by atoms with Crippen molar-refractivity contribution in [2.45, 2.75) is 59.4 Å². The fourth-order valence-corrected chi connectivity index (χ4v) is 1.98. The molecule has 0 amide bonds. The number of allylic oxidation sites excluding steroid dienone is 1. The molecule has 0 aliphatic heterocycles. The largest absolute Gasteiger partial charge is 0.312 e. The van der Waals surface area contributed by atoms with Crippen molar-refractivity contribution in [2.24, 2.45) is 0 Å². The number of nitrogens with one attached hydrogen (secondary N) is 1. The molecular weight excluding hydrogens is 230 g/mol. The van der Waals surface area contributed by atoms with Crippen molar-refractivity contribution in [3.63, 3.8) is 0 Å². The zero-order valence-electron chi connectivity index (χ0n) is 13.4. The van der Waals surface area contributed by atoms with Gasteiger partial charge in [-0.2, -0.15) is 0 Å². The van der Waals surface area contributed by atoms with Gasteiger partial charge in [0.25, 0.3) is 0 Å². The van der Waals surface area contributed by atoms with E-state index in [1.165, 1.54) is 16.7 Å². The van der Waals surface area contributed by atoms with Gasteiger partial charge in [-0.3, -0.25) is 0 Å². The Morgan fingerprint density at radius 3 is 2.21 bits per heavy atom. The van der Waals surface area contributed by atoms with Gasteiger partial charge in [0.2, 0.25) is 0 Å². The minimum absolute atomic E-state index is 0.209. The second-order valence-corrected chi connectivity index (χ2v) is 6.63. The van der Waals surface area contributed by atoms with Crippen LogP contribution < -0.4 is 5.32 Å². The molecule has 1 N–H and O–H groups in total. The molecular formula is C18H29N. The molecule has 106 valence electrons. The average Bonchev–Trinajstić information content (AvgIpc) is 2.33. The van der Waals surface area contributed by atoms with Crippen LogP contribution in [-0.2, 0) is 0 Å². The van der Waals surface area contributed by atoms with Crippen LogP contribution in [0, 0.1) is 0 Å². The highest BCUT2D eigenvalue weighted by molar-refractivity contribution is 5.63. The lowest BCUT2D eigenvalue weighted by Crippen LogP contribution is -2.36. The maximum atomic E-state index is 3.51. The molecule has 1 aromatic rings. The van der Waals surface area contributed by atoms with Crippen LogP contribution >= 0.6 is 0 Å². The first-order chi connectivity index (χ1) is 8.79. The molecule has 0 unspecified atom stereocenters. The predicted molar refractivity (Wildman–Crippen MR) is 86.6 cm³/mol. The normalized spacial score (nSPS) is 13.1. The Morgan fingerprint density at radius 2 is 1.74 bits per heavy atom. The summed E-state index contributed by atoms with van der Waals surface area (Å²) in [6.45, 7) is 14.3. The smallest absolute Gasteiger partial charge is 0.00966 e. The summed E-state index contributed by atoms with van der Waals surface area (Å²) >= 11 is 0. The summed E-state index contributed by atoms with van der Waals surface area (Å²) in [5.41, 5.74) is 4.32. The Bertz CT molecular complexity index is 404. The minimum atomic E-state index is 0.209. The minimum Gasteiger partial charge on any atom is -0.312 e. The summed E-state index contributed by atoms with van der Waals surface area (Å²) in [5.74, 6) is 0.606. The molecule has 19 heavy (non-hydrogen) atoms. The van der Waals surface area contributed by atoms with E-state index in [1.54, 1.807) is 0 Å². The van der Waals surface area contributed by atoms with E-state index in [4.69, 9.17) is 0 Å². The second-order valence-electron chi connectivity index (χ2n) is 6.63. The topological polar surface area (TPSA) is 12.0 Å². The Morgan fingerprint density at radius 1 is 1.16 bits per heavy atom. The van der Waals surface area contributed by atoms with Crippen LogP contribution in [0.5, 0.6) is 0 Å². The van der Waals surface area contributed by atoms with Gasteiger partial charge in [-0.25, -0.2) is 0 Å². The number of hydrogen-bond acceptors (Lipinski definition) is 1. The summed E-state index contributed by atoms with van der Waals surface area (Å²) in [6.07, 6.45) is 3.40. The zero-order valence-corrected chi connectivity index (χ0v) is 13.4. The van der Waals surface area contributed by atoms with Gasteiger partial charge in [-0.05, 0) is 63.3 Å². The molecule has 0 heterocycles. The third kappa shape index (κ3) is 6.07. The van der Waals surface area contributed by atoms with Crippen LogP contribution in [0.1, 0.15) is 65.0 Å². The van der Waals surface area contributed by atoms with Gasteiger partial charge in [0, 0.05) is 5.54 Å². The summed E-state index contributed by atoms with van der Waals surface area (Å²) < 4.78 is 0. The fourth-order valence-electron chi connectivity index (χ4n) is 1.98. The number of hydrogen-bond donors (Lipinski definition) is 1. The molecule has 0 radical (unpaired) electrons. The first-order valence-electron chi connectivity index (χ1n) is 7.32. The monoisotopic (exact) mass is 259 g/mol. The fraction of sp³-hybridized carbons (Fsp3) is 0.556. The van der Waals surface area contributed by atoms with E-state index in [2.05, 4.69) is 77.2 Å². The molecule has 1 rings (SSSR count). The van der Waals surface area contributed by atoms with Crippen LogP contribution in [-0.4, -0.2) is 12.1 Å². The summed E-state index contributed by atoms with van der Waals surface area (Å²) in [7, 11) is 0. The molecule has 0 aliphatic carbocycles. The molecule has 0 atom stereocenters. The molecule has 1 aromatic carbocycles. The summed E-state index contributed by atoms with van der Waals surface area (Å²) in [6, 6.07) is 8.95. The average molecular weight is 259 g/mol. The maximum absolute atomic E-state index is 3.51. The molecule has 0 saturated heterocycles. The maximum Gasteiger partial charge on any atom is 0.00966 e. The standard InChI is InChI=1S/C18H29N/c1-14(2)16-9-11-17(12-10-16)15(3)8-7-13-19-18(4,5)6/h8-12,14,19H,7,13H2,1-6H3. The summed E-state index contributed by atoms with van der Waals surface area (Å²) in [5, 5.41) is 3.51. The summed E-state index contributed by atoms with van der Waals surface area (Å²) in [4.78, 5) is 0. The molecule has 0 bridgehead atoms. The Labute approximate surface area is 119 Å². The highest BCUT2D eigenvalue weighted by atomic mass is 14.9. The van der Waals surface area contributed by atoms with Gasteiger partial charge in [-0.1, -0.05) is 44.2 Å². The molecule has 1 heteroatoms. The van der Waals surface area contributed by atoms with Crippen molar-refractivity contribution in [1.29, 1.82) is 0 Å². The van der Waals surface area contributed by atoms with Crippen LogP contribution in [0.25, 0.3) is 5.57 Å².